The highest BCUT2D eigenvalue weighted by molar-refractivity contribution is 5.69. The van der Waals surface area contributed by atoms with Gasteiger partial charge < -0.3 is 14.8 Å². The molecule has 0 spiro atoms. The highest BCUT2D eigenvalue weighted by Crippen LogP contribution is 1.94. The Morgan fingerprint density at radius 1 is 1.44 bits per heavy atom. The molecule has 0 heterocycles. The van der Waals surface area contributed by atoms with E-state index in [-0.39, 0.29) is 25.0 Å². The maximum absolute atomic E-state index is 11.7. The molecule has 0 saturated carbocycles. The maximum atomic E-state index is 11.7. The highest BCUT2D eigenvalue weighted by atomic mass is 19.3. The normalized spacial score (nSPS) is 12.8. The number of nitrogens with one attached hydrogen (secondary N) is 1. The van der Waals surface area contributed by atoms with E-state index in [0.29, 0.717) is 13.2 Å². The second-order valence-corrected chi connectivity index (χ2v) is 3.33. The zero-order chi connectivity index (χ0) is 12.4. The molecule has 1 unspecified atom stereocenters. The van der Waals surface area contributed by atoms with E-state index in [9.17, 15) is 13.6 Å². The van der Waals surface area contributed by atoms with Gasteiger partial charge in [0.1, 0.15) is 6.61 Å². The molecule has 16 heavy (non-hydrogen) atoms. The van der Waals surface area contributed by atoms with Crippen molar-refractivity contribution >= 4 is 5.97 Å². The molecule has 0 aliphatic carbocycles. The van der Waals surface area contributed by atoms with Crippen molar-refractivity contribution < 1.29 is 23.0 Å². The van der Waals surface area contributed by atoms with Crippen LogP contribution in [0.3, 0.4) is 0 Å². The van der Waals surface area contributed by atoms with Crippen molar-refractivity contribution in [2.45, 2.75) is 32.7 Å². The maximum Gasteiger partial charge on any atom is 0.307 e. The van der Waals surface area contributed by atoms with Crippen LogP contribution in [0.4, 0.5) is 8.78 Å². The van der Waals surface area contributed by atoms with Crippen LogP contribution in [0.25, 0.3) is 0 Å². The van der Waals surface area contributed by atoms with Gasteiger partial charge in [0.15, 0.2) is 0 Å². The predicted molar refractivity (Wildman–Crippen MR) is 55.5 cm³/mol. The Kier molecular flexibility index (Phi) is 9.03. The summed E-state index contributed by atoms with van der Waals surface area (Å²) in [5, 5.41) is 2.97. The van der Waals surface area contributed by atoms with Gasteiger partial charge in [-0.2, -0.15) is 0 Å². The monoisotopic (exact) mass is 239 g/mol. The SMILES string of the molecule is CCOC(=O)CC(C)NCCOCC(F)F. The van der Waals surface area contributed by atoms with Gasteiger partial charge in [-0.15, -0.1) is 0 Å². The number of ether oxygens (including phenoxy) is 2. The molecule has 0 aliphatic rings. The minimum atomic E-state index is -2.43. The molecule has 6 heteroatoms. The molecule has 1 N–H and O–H groups in total. The molecule has 1 atom stereocenters. The Labute approximate surface area is 94.3 Å². The Morgan fingerprint density at radius 3 is 2.69 bits per heavy atom. The summed E-state index contributed by atoms with van der Waals surface area (Å²) >= 11 is 0. The Hall–Kier alpha value is -0.750. The number of esters is 1. The number of hydrogen-bond acceptors (Lipinski definition) is 4. The van der Waals surface area contributed by atoms with Crippen LogP contribution in [0, 0.1) is 0 Å². The predicted octanol–water partition coefficient (Wildman–Crippen LogP) is 1.20. The second-order valence-electron chi connectivity index (χ2n) is 3.33. The fourth-order valence-corrected chi connectivity index (χ4v) is 1.09. The number of hydrogen-bond donors (Lipinski definition) is 1. The lowest BCUT2D eigenvalue weighted by Crippen LogP contribution is -2.32. The summed E-state index contributed by atoms with van der Waals surface area (Å²) in [7, 11) is 0. The summed E-state index contributed by atoms with van der Waals surface area (Å²) in [5.41, 5.74) is 0. The third kappa shape index (κ3) is 9.79. The van der Waals surface area contributed by atoms with Crippen LogP contribution >= 0.6 is 0 Å². The van der Waals surface area contributed by atoms with Crippen molar-refractivity contribution in [3.05, 3.63) is 0 Å². The van der Waals surface area contributed by atoms with Gasteiger partial charge in [0.2, 0.25) is 0 Å². The third-order valence-corrected chi connectivity index (χ3v) is 1.76. The van der Waals surface area contributed by atoms with Gasteiger partial charge in [0, 0.05) is 12.6 Å². The summed E-state index contributed by atoms with van der Waals surface area (Å²) in [6.45, 7) is 4.03. The van der Waals surface area contributed by atoms with Crippen molar-refractivity contribution in [3.8, 4) is 0 Å². The van der Waals surface area contributed by atoms with Crippen LogP contribution < -0.4 is 5.32 Å². The lowest BCUT2D eigenvalue weighted by Gasteiger charge is -2.12. The van der Waals surface area contributed by atoms with Crippen molar-refractivity contribution in [1.29, 1.82) is 0 Å². The number of alkyl halides is 2. The molecule has 0 bridgehead atoms. The van der Waals surface area contributed by atoms with Crippen LogP contribution in [-0.2, 0) is 14.3 Å². The second kappa shape index (κ2) is 9.47. The molecule has 0 rings (SSSR count). The summed E-state index contributed by atoms with van der Waals surface area (Å²) < 4.78 is 32.8. The van der Waals surface area contributed by atoms with E-state index in [1.807, 2.05) is 6.92 Å². The number of carbonyl (C=O) groups is 1. The molecular weight excluding hydrogens is 220 g/mol. The Bertz CT molecular complexity index is 191. The number of carbonyl (C=O) groups excluding carboxylic acids is 1. The van der Waals surface area contributed by atoms with E-state index in [4.69, 9.17) is 4.74 Å². The zero-order valence-electron chi connectivity index (χ0n) is 9.67. The average molecular weight is 239 g/mol. The Morgan fingerprint density at radius 2 is 2.12 bits per heavy atom. The van der Waals surface area contributed by atoms with Crippen molar-refractivity contribution in [3.63, 3.8) is 0 Å². The zero-order valence-corrected chi connectivity index (χ0v) is 9.67. The molecular formula is C10H19F2NO3. The lowest BCUT2D eigenvalue weighted by molar-refractivity contribution is -0.143. The molecule has 0 aliphatic heterocycles. The number of rotatable bonds is 9. The third-order valence-electron chi connectivity index (χ3n) is 1.76. The average Bonchev–Trinajstić information content (AvgIpc) is 2.16. The van der Waals surface area contributed by atoms with Crippen molar-refractivity contribution in [1.82, 2.24) is 5.32 Å². The molecule has 0 saturated heterocycles. The van der Waals surface area contributed by atoms with Gasteiger partial charge in [-0.05, 0) is 13.8 Å². The fourth-order valence-electron chi connectivity index (χ4n) is 1.09. The highest BCUT2D eigenvalue weighted by Gasteiger charge is 2.08. The summed E-state index contributed by atoms with van der Waals surface area (Å²) in [4.78, 5) is 11.0. The first-order chi connectivity index (χ1) is 7.56. The first-order valence-corrected chi connectivity index (χ1v) is 5.31. The van der Waals surface area contributed by atoms with Gasteiger partial charge in [-0.3, -0.25) is 4.79 Å². The largest absolute Gasteiger partial charge is 0.466 e. The molecule has 0 radical (unpaired) electrons. The van der Waals surface area contributed by atoms with E-state index in [0.717, 1.165) is 0 Å². The van der Waals surface area contributed by atoms with E-state index in [2.05, 4.69) is 10.1 Å². The first-order valence-electron chi connectivity index (χ1n) is 5.31. The molecule has 0 fully saturated rings. The number of halogens is 2. The molecule has 0 aromatic heterocycles. The van der Waals surface area contributed by atoms with Crippen molar-refractivity contribution in [2.75, 3.05) is 26.4 Å². The first kappa shape index (κ1) is 15.2. The standard InChI is InChI=1S/C10H19F2NO3/c1-3-16-10(14)6-8(2)13-4-5-15-7-9(11)12/h8-9,13H,3-7H2,1-2H3. The van der Waals surface area contributed by atoms with E-state index < -0.39 is 13.0 Å². The van der Waals surface area contributed by atoms with E-state index in [1.165, 1.54) is 0 Å². The molecule has 0 aromatic rings. The Balaban J connectivity index is 3.36. The molecule has 96 valence electrons. The van der Waals surface area contributed by atoms with Crippen LogP contribution in [0.15, 0.2) is 0 Å². The topological polar surface area (TPSA) is 47.6 Å². The summed E-state index contributed by atoms with van der Waals surface area (Å²) in [6.07, 6.45) is -2.17. The van der Waals surface area contributed by atoms with Gasteiger partial charge >= 0.3 is 5.97 Å². The van der Waals surface area contributed by atoms with Crippen LogP contribution in [0.5, 0.6) is 0 Å². The van der Waals surface area contributed by atoms with Gasteiger partial charge in [-0.25, -0.2) is 8.78 Å². The fraction of sp³-hybridized carbons (Fsp3) is 0.900. The molecule has 4 nitrogen and oxygen atoms in total. The molecule has 0 amide bonds. The minimum absolute atomic E-state index is 0.0470. The summed E-state index contributed by atoms with van der Waals surface area (Å²) in [5.74, 6) is -0.268. The lowest BCUT2D eigenvalue weighted by atomic mass is 10.2. The van der Waals surface area contributed by atoms with Crippen LogP contribution in [0.2, 0.25) is 0 Å². The quantitative estimate of drug-likeness (QED) is 0.485. The van der Waals surface area contributed by atoms with E-state index in [1.54, 1.807) is 6.92 Å². The van der Waals surface area contributed by atoms with Crippen molar-refractivity contribution in [2.24, 2.45) is 0 Å². The smallest absolute Gasteiger partial charge is 0.307 e. The van der Waals surface area contributed by atoms with Gasteiger partial charge in [-0.1, -0.05) is 0 Å². The summed E-state index contributed by atoms with van der Waals surface area (Å²) in [6, 6.07) is -0.0470. The van der Waals surface area contributed by atoms with Crippen LogP contribution in [-0.4, -0.2) is 44.8 Å². The molecule has 0 aromatic carbocycles. The van der Waals surface area contributed by atoms with Gasteiger partial charge in [0.25, 0.3) is 6.43 Å². The van der Waals surface area contributed by atoms with Gasteiger partial charge in [0.05, 0.1) is 19.6 Å². The van der Waals surface area contributed by atoms with Crippen LogP contribution in [0.1, 0.15) is 20.3 Å². The van der Waals surface area contributed by atoms with E-state index >= 15 is 0 Å². The minimum Gasteiger partial charge on any atom is -0.466 e.